The molecule has 1 aliphatic heterocycles. The minimum absolute atomic E-state index is 0.0144. The summed E-state index contributed by atoms with van der Waals surface area (Å²) in [5.41, 5.74) is 3.80. The van der Waals surface area contributed by atoms with Crippen LogP contribution in [0.2, 0.25) is 0 Å². The maximum Gasteiger partial charge on any atom is 0.228 e. The first kappa shape index (κ1) is 17.8. The van der Waals surface area contributed by atoms with Gasteiger partial charge in [-0.05, 0) is 30.2 Å². The van der Waals surface area contributed by atoms with E-state index in [0.717, 1.165) is 39.5 Å². The Kier molecular flexibility index (Phi) is 4.48. The summed E-state index contributed by atoms with van der Waals surface area (Å²) in [6, 6.07) is 17.8. The number of aromatic nitrogens is 3. The minimum atomic E-state index is -0.524. The van der Waals surface area contributed by atoms with Gasteiger partial charge in [0.2, 0.25) is 5.91 Å². The maximum absolute atomic E-state index is 12.9. The monoisotopic (exact) mass is 386 g/mol. The van der Waals surface area contributed by atoms with Gasteiger partial charge in [-0.1, -0.05) is 36.4 Å². The number of nitrogens with one attached hydrogen (secondary N) is 1. The average Bonchev–Trinajstić information content (AvgIpc) is 3.32. The van der Waals surface area contributed by atoms with Crippen molar-refractivity contribution in [3.8, 4) is 0 Å². The molecular formula is C23H22N4O2. The SMILES string of the molecule is O=C(Cc1[nH]nc2ccccc12)N1C[C@@H](Cc2ccnc3ccccc23)[C@H](O)C1. The van der Waals surface area contributed by atoms with Crippen LogP contribution in [0.1, 0.15) is 11.3 Å². The molecular weight excluding hydrogens is 364 g/mol. The summed E-state index contributed by atoms with van der Waals surface area (Å²) in [5, 5.41) is 19.9. The fourth-order valence-electron chi connectivity index (χ4n) is 4.29. The van der Waals surface area contributed by atoms with Crippen LogP contribution in [0.5, 0.6) is 0 Å². The fourth-order valence-corrected chi connectivity index (χ4v) is 4.29. The summed E-state index contributed by atoms with van der Waals surface area (Å²) in [7, 11) is 0. The number of H-pyrrole nitrogens is 1. The van der Waals surface area contributed by atoms with Crippen LogP contribution in [0.4, 0.5) is 0 Å². The highest BCUT2D eigenvalue weighted by Gasteiger charge is 2.34. The fraction of sp³-hybridized carbons (Fsp3) is 0.261. The van der Waals surface area contributed by atoms with Crippen LogP contribution in [-0.2, 0) is 17.6 Å². The van der Waals surface area contributed by atoms with Crippen molar-refractivity contribution >= 4 is 27.7 Å². The van der Waals surface area contributed by atoms with Crippen LogP contribution in [0, 0.1) is 5.92 Å². The molecule has 0 saturated carbocycles. The third-order valence-corrected chi connectivity index (χ3v) is 5.85. The van der Waals surface area contributed by atoms with E-state index in [9.17, 15) is 9.90 Å². The predicted molar refractivity (Wildman–Crippen MR) is 111 cm³/mol. The van der Waals surface area contributed by atoms with E-state index >= 15 is 0 Å². The molecule has 0 unspecified atom stereocenters. The number of rotatable bonds is 4. The number of nitrogens with zero attached hydrogens (tertiary/aromatic N) is 3. The number of hydrogen-bond donors (Lipinski definition) is 2. The second-order valence-corrected chi connectivity index (χ2v) is 7.71. The molecule has 0 bridgehead atoms. The minimum Gasteiger partial charge on any atom is -0.391 e. The van der Waals surface area contributed by atoms with Crippen LogP contribution in [0.3, 0.4) is 0 Å². The number of hydrogen-bond acceptors (Lipinski definition) is 4. The van der Waals surface area contributed by atoms with Crippen molar-refractivity contribution in [2.75, 3.05) is 13.1 Å². The van der Waals surface area contributed by atoms with Gasteiger partial charge < -0.3 is 10.0 Å². The molecule has 1 saturated heterocycles. The topological polar surface area (TPSA) is 82.1 Å². The van der Waals surface area contributed by atoms with Gasteiger partial charge in [0.25, 0.3) is 0 Å². The summed E-state index contributed by atoms with van der Waals surface area (Å²) in [4.78, 5) is 19.1. The van der Waals surface area contributed by atoms with Gasteiger partial charge in [-0.3, -0.25) is 14.9 Å². The van der Waals surface area contributed by atoms with Crippen molar-refractivity contribution < 1.29 is 9.90 Å². The first-order chi connectivity index (χ1) is 14.2. The first-order valence-electron chi connectivity index (χ1n) is 9.89. The summed E-state index contributed by atoms with van der Waals surface area (Å²) < 4.78 is 0. The summed E-state index contributed by atoms with van der Waals surface area (Å²) in [6.07, 6.45) is 2.27. The van der Waals surface area contributed by atoms with Crippen LogP contribution in [0.15, 0.2) is 60.8 Å². The zero-order valence-corrected chi connectivity index (χ0v) is 16.0. The lowest BCUT2D eigenvalue weighted by atomic mass is 9.94. The molecule has 6 nitrogen and oxygen atoms in total. The van der Waals surface area contributed by atoms with Crippen molar-refractivity contribution in [2.45, 2.75) is 18.9 Å². The van der Waals surface area contributed by atoms with E-state index < -0.39 is 6.10 Å². The number of aliphatic hydroxyl groups is 1. The number of aliphatic hydroxyl groups excluding tert-OH is 1. The van der Waals surface area contributed by atoms with E-state index in [4.69, 9.17) is 0 Å². The Morgan fingerprint density at radius 3 is 2.66 bits per heavy atom. The molecule has 146 valence electrons. The maximum atomic E-state index is 12.9. The predicted octanol–water partition coefficient (Wildman–Crippen LogP) is 2.72. The lowest BCUT2D eigenvalue weighted by Crippen LogP contribution is -2.31. The van der Waals surface area contributed by atoms with Gasteiger partial charge in [0.1, 0.15) is 0 Å². The molecule has 2 atom stereocenters. The summed E-state index contributed by atoms with van der Waals surface area (Å²) in [5.74, 6) is 0.0313. The van der Waals surface area contributed by atoms with Gasteiger partial charge in [-0.25, -0.2) is 0 Å². The van der Waals surface area contributed by atoms with E-state index in [2.05, 4.69) is 21.2 Å². The molecule has 1 aliphatic rings. The highest BCUT2D eigenvalue weighted by molar-refractivity contribution is 5.87. The highest BCUT2D eigenvalue weighted by Crippen LogP contribution is 2.26. The van der Waals surface area contributed by atoms with Gasteiger partial charge in [0.05, 0.1) is 29.3 Å². The number of para-hydroxylation sites is 2. The number of benzene rings is 2. The average molecular weight is 386 g/mol. The van der Waals surface area contributed by atoms with E-state index in [1.165, 1.54) is 0 Å². The van der Waals surface area contributed by atoms with Crippen molar-refractivity contribution in [2.24, 2.45) is 5.92 Å². The Balaban J connectivity index is 1.31. The lowest BCUT2D eigenvalue weighted by molar-refractivity contribution is -0.129. The number of fused-ring (bicyclic) bond motifs is 2. The quantitative estimate of drug-likeness (QED) is 0.565. The van der Waals surface area contributed by atoms with Gasteiger partial charge in [0, 0.05) is 36.0 Å². The van der Waals surface area contributed by atoms with Crippen molar-refractivity contribution in [1.82, 2.24) is 20.1 Å². The third kappa shape index (κ3) is 3.36. The highest BCUT2D eigenvalue weighted by atomic mass is 16.3. The zero-order chi connectivity index (χ0) is 19.8. The molecule has 3 heterocycles. The summed E-state index contributed by atoms with van der Waals surface area (Å²) in [6.45, 7) is 0.932. The summed E-state index contributed by atoms with van der Waals surface area (Å²) >= 11 is 0. The first-order valence-corrected chi connectivity index (χ1v) is 9.89. The number of likely N-dealkylation sites (tertiary alicyclic amines) is 1. The van der Waals surface area contributed by atoms with E-state index in [-0.39, 0.29) is 18.2 Å². The van der Waals surface area contributed by atoms with Crippen molar-refractivity contribution in [1.29, 1.82) is 0 Å². The number of aromatic amines is 1. The molecule has 0 spiro atoms. The molecule has 1 fully saturated rings. The van der Waals surface area contributed by atoms with Crippen LogP contribution in [-0.4, -0.2) is 50.3 Å². The number of carbonyl (C=O) groups excluding carboxylic acids is 1. The normalized spacial score (nSPS) is 19.3. The molecule has 0 radical (unpaired) electrons. The van der Waals surface area contributed by atoms with E-state index in [1.54, 1.807) is 4.90 Å². The standard InChI is InChI=1S/C23H22N4O2/c28-22-14-27(23(29)12-21-18-6-2-4-8-20(18)25-26-21)13-16(22)11-15-9-10-24-19-7-3-1-5-17(15)19/h1-10,16,22,28H,11-14H2,(H,25,26)/t16-,22-/m1/s1. The van der Waals surface area contributed by atoms with Crippen molar-refractivity contribution in [3.05, 3.63) is 72.1 Å². The lowest BCUT2D eigenvalue weighted by Gasteiger charge is -2.16. The van der Waals surface area contributed by atoms with Gasteiger partial charge in [-0.2, -0.15) is 5.10 Å². The molecule has 29 heavy (non-hydrogen) atoms. The van der Waals surface area contributed by atoms with E-state index in [0.29, 0.717) is 13.1 Å². The Morgan fingerprint density at radius 2 is 1.79 bits per heavy atom. The number of amides is 1. The Bertz CT molecular complexity index is 1180. The molecule has 5 rings (SSSR count). The molecule has 0 aliphatic carbocycles. The van der Waals surface area contributed by atoms with Gasteiger partial charge in [0.15, 0.2) is 0 Å². The molecule has 2 N–H and O–H groups in total. The van der Waals surface area contributed by atoms with E-state index in [1.807, 2.05) is 54.7 Å². The van der Waals surface area contributed by atoms with Crippen LogP contribution >= 0.6 is 0 Å². The molecule has 1 amide bonds. The Labute approximate surface area is 168 Å². The van der Waals surface area contributed by atoms with Gasteiger partial charge >= 0.3 is 0 Å². The largest absolute Gasteiger partial charge is 0.391 e. The third-order valence-electron chi connectivity index (χ3n) is 5.85. The van der Waals surface area contributed by atoms with Crippen molar-refractivity contribution in [3.63, 3.8) is 0 Å². The molecule has 2 aromatic heterocycles. The van der Waals surface area contributed by atoms with Crippen LogP contribution in [0.25, 0.3) is 21.8 Å². The van der Waals surface area contributed by atoms with Gasteiger partial charge in [-0.15, -0.1) is 0 Å². The molecule has 4 aromatic rings. The molecule has 2 aromatic carbocycles. The number of carbonyl (C=O) groups is 1. The Morgan fingerprint density at radius 1 is 1.03 bits per heavy atom. The number of pyridine rings is 1. The molecule has 6 heteroatoms. The second kappa shape index (κ2) is 7.29. The van der Waals surface area contributed by atoms with Crippen LogP contribution < -0.4 is 0 Å². The zero-order valence-electron chi connectivity index (χ0n) is 16.0. The smallest absolute Gasteiger partial charge is 0.228 e. The number of β-amino-alcohol motifs (C(OH)–C–C–N with tert-alkyl or cyclic N) is 1. The second-order valence-electron chi connectivity index (χ2n) is 7.71. The Hall–Kier alpha value is -3.25.